The van der Waals surface area contributed by atoms with Crippen LogP contribution in [-0.4, -0.2) is 43.6 Å². The Balaban J connectivity index is 1.77. The van der Waals surface area contributed by atoms with E-state index in [2.05, 4.69) is 4.98 Å². The molecule has 0 amide bonds. The van der Waals surface area contributed by atoms with E-state index in [0.717, 1.165) is 22.5 Å². The van der Waals surface area contributed by atoms with Gasteiger partial charge in [-0.25, -0.2) is 8.42 Å². The third-order valence-electron chi connectivity index (χ3n) is 5.79. The van der Waals surface area contributed by atoms with Gasteiger partial charge in [0.15, 0.2) is 0 Å². The predicted molar refractivity (Wildman–Crippen MR) is 124 cm³/mol. The highest BCUT2D eigenvalue weighted by Crippen LogP contribution is 2.36. The minimum absolute atomic E-state index is 0.0946. The molecule has 1 fully saturated rings. The molecule has 0 unspecified atom stereocenters. The van der Waals surface area contributed by atoms with Crippen LogP contribution in [0.2, 0.25) is 0 Å². The summed E-state index contributed by atoms with van der Waals surface area (Å²) < 4.78 is 80.0. The lowest BCUT2D eigenvalue weighted by Gasteiger charge is -2.26. The number of nitrogens with one attached hydrogen (secondary N) is 1. The number of fused-ring (bicyclic) bond motifs is 1. The van der Waals surface area contributed by atoms with E-state index in [1.807, 2.05) is 6.92 Å². The average Bonchev–Trinajstić information content (AvgIpc) is 3.32. The molecule has 3 aromatic rings. The van der Waals surface area contributed by atoms with Gasteiger partial charge in [0.05, 0.1) is 23.2 Å². The first kappa shape index (κ1) is 25.2. The fourth-order valence-corrected chi connectivity index (χ4v) is 5.78. The Hall–Kier alpha value is -2.89. The number of benzene rings is 2. The smallest absolute Gasteiger partial charge is 0.417 e. The van der Waals surface area contributed by atoms with Crippen LogP contribution < -0.4 is 10.3 Å². The number of aromatic nitrogens is 1. The maximum absolute atomic E-state index is 13.6. The van der Waals surface area contributed by atoms with E-state index < -0.39 is 44.9 Å². The summed E-state index contributed by atoms with van der Waals surface area (Å²) in [7, 11) is -4.63. The van der Waals surface area contributed by atoms with Gasteiger partial charge in [-0.15, -0.1) is 0 Å². The lowest BCUT2D eigenvalue weighted by Crippen LogP contribution is -2.39. The van der Waals surface area contributed by atoms with Gasteiger partial charge in [0.25, 0.3) is 5.56 Å². The Bertz CT molecular complexity index is 1370. The molecule has 0 bridgehead atoms. The van der Waals surface area contributed by atoms with Crippen LogP contribution in [0.15, 0.2) is 58.2 Å². The summed E-state index contributed by atoms with van der Waals surface area (Å²) in [6, 6.07) is 10.6. The van der Waals surface area contributed by atoms with Gasteiger partial charge in [-0.1, -0.05) is 12.1 Å². The summed E-state index contributed by atoms with van der Waals surface area (Å²) in [6.07, 6.45) is -4.06. The summed E-state index contributed by atoms with van der Waals surface area (Å²) >= 11 is 0. The average molecular weight is 511 g/mol. The minimum atomic E-state index is -4.87. The first-order valence-electron chi connectivity index (χ1n) is 11.2. The topological polar surface area (TPSA) is 88.7 Å². The van der Waals surface area contributed by atoms with Crippen LogP contribution in [0.5, 0.6) is 5.75 Å². The molecule has 1 N–H and O–H groups in total. The Kier molecular flexibility index (Phi) is 7.20. The molecule has 35 heavy (non-hydrogen) atoms. The van der Waals surface area contributed by atoms with Gasteiger partial charge in [-0.2, -0.15) is 17.5 Å². The van der Waals surface area contributed by atoms with Crippen LogP contribution in [0.4, 0.5) is 13.2 Å². The number of alkyl halides is 3. The van der Waals surface area contributed by atoms with Crippen molar-refractivity contribution in [2.75, 3.05) is 19.8 Å². The highest BCUT2D eigenvalue weighted by Gasteiger charge is 2.39. The fraction of sp³-hybridized carbons (Fsp3) is 0.375. The largest absolute Gasteiger partial charge is 0.494 e. The normalized spacial score (nSPS) is 16.8. The van der Waals surface area contributed by atoms with Crippen LogP contribution in [0.3, 0.4) is 0 Å². The van der Waals surface area contributed by atoms with Crippen LogP contribution in [-0.2, 0) is 27.5 Å². The second-order valence-electron chi connectivity index (χ2n) is 8.23. The molecule has 0 aliphatic carbocycles. The van der Waals surface area contributed by atoms with Crippen molar-refractivity contribution in [3.05, 3.63) is 70.0 Å². The quantitative estimate of drug-likeness (QED) is 0.488. The number of H-pyrrole nitrogens is 1. The van der Waals surface area contributed by atoms with Crippen LogP contribution in [0, 0.1) is 0 Å². The fourth-order valence-electron chi connectivity index (χ4n) is 4.12. The van der Waals surface area contributed by atoms with Gasteiger partial charge >= 0.3 is 6.18 Å². The molecule has 7 nitrogen and oxygen atoms in total. The van der Waals surface area contributed by atoms with E-state index in [-0.39, 0.29) is 12.1 Å². The number of hydrogen-bond acceptors (Lipinski definition) is 5. The van der Waals surface area contributed by atoms with Crippen LogP contribution in [0.25, 0.3) is 10.9 Å². The van der Waals surface area contributed by atoms with Gasteiger partial charge in [0.1, 0.15) is 5.75 Å². The SMILES string of the molecule is CCOc1ccc2[nH]c(=O)c(CN(C[C@H]3CCCO3)S(=O)(=O)c3ccccc3C(F)(F)F)cc2c1. The summed E-state index contributed by atoms with van der Waals surface area (Å²) in [5, 5.41) is 0.607. The number of pyridine rings is 1. The maximum Gasteiger partial charge on any atom is 0.417 e. The number of rotatable bonds is 8. The molecular formula is C24H25F3N2O5S. The van der Waals surface area contributed by atoms with Crippen molar-refractivity contribution in [3.8, 4) is 5.75 Å². The molecule has 2 heterocycles. The molecule has 11 heteroatoms. The molecular weight excluding hydrogens is 485 g/mol. The number of nitrogens with zero attached hydrogens (tertiary/aromatic N) is 1. The molecule has 188 valence electrons. The zero-order valence-electron chi connectivity index (χ0n) is 19.0. The van der Waals surface area contributed by atoms with Gasteiger partial charge in [0, 0.05) is 36.2 Å². The summed E-state index contributed by atoms with van der Waals surface area (Å²) in [6.45, 7) is 2.11. The second-order valence-corrected chi connectivity index (χ2v) is 10.1. The maximum atomic E-state index is 13.6. The molecule has 1 aromatic heterocycles. The summed E-state index contributed by atoms with van der Waals surface area (Å²) in [5.41, 5.74) is -1.17. The summed E-state index contributed by atoms with van der Waals surface area (Å²) in [4.78, 5) is 14.6. The van der Waals surface area contributed by atoms with E-state index in [1.54, 1.807) is 18.2 Å². The Morgan fingerprint density at radius 2 is 1.94 bits per heavy atom. The third-order valence-corrected chi connectivity index (χ3v) is 7.66. The first-order valence-corrected chi connectivity index (χ1v) is 12.6. The molecule has 0 saturated carbocycles. The van der Waals surface area contributed by atoms with Crippen molar-refractivity contribution in [1.82, 2.24) is 9.29 Å². The molecule has 1 aliphatic rings. The van der Waals surface area contributed by atoms with E-state index in [9.17, 15) is 26.4 Å². The predicted octanol–water partition coefficient (Wildman–Crippen LogP) is 4.32. The summed E-state index contributed by atoms with van der Waals surface area (Å²) in [5.74, 6) is 0.570. The van der Waals surface area contributed by atoms with Gasteiger partial charge in [0.2, 0.25) is 10.0 Å². The Labute approximate surface area is 200 Å². The van der Waals surface area contributed by atoms with Crippen molar-refractivity contribution in [2.24, 2.45) is 0 Å². The number of halogens is 3. The van der Waals surface area contributed by atoms with E-state index in [0.29, 0.717) is 42.7 Å². The minimum Gasteiger partial charge on any atom is -0.494 e. The van der Waals surface area contributed by atoms with Crippen molar-refractivity contribution in [1.29, 1.82) is 0 Å². The van der Waals surface area contributed by atoms with Crippen molar-refractivity contribution < 1.29 is 31.1 Å². The highest BCUT2D eigenvalue weighted by atomic mass is 32.2. The zero-order chi connectivity index (χ0) is 25.2. The standard InChI is InChI=1S/C24H25F3N2O5S/c1-2-33-18-9-10-21-16(13-18)12-17(23(30)28-21)14-29(15-19-6-5-11-34-19)35(31,32)22-8-4-3-7-20(22)24(25,26)27/h3-4,7-10,12-13,19H,2,5-6,11,14-15H2,1H3,(H,28,30)/t19-/m1/s1. The Morgan fingerprint density at radius 1 is 1.17 bits per heavy atom. The van der Waals surface area contributed by atoms with Gasteiger partial charge in [-0.05, 0) is 56.2 Å². The van der Waals surface area contributed by atoms with Crippen molar-refractivity contribution in [2.45, 2.75) is 43.5 Å². The number of aromatic amines is 1. The first-order chi connectivity index (χ1) is 16.6. The monoisotopic (exact) mass is 510 g/mol. The molecule has 0 spiro atoms. The Morgan fingerprint density at radius 3 is 2.63 bits per heavy atom. The van der Waals surface area contributed by atoms with Crippen LogP contribution >= 0.6 is 0 Å². The van der Waals surface area contributed by atoms with E-state index >= 15 is 0 Å². The molecule has 1 atom stereocenters. The molecule has 0 radical (unpaired) electrons. The molecule has 1 saturated heterocycles. The zero-order valence-corrected chi connectivity index (χ0v) is 19.8. The lowest BCUT2D eigenvalue weighted by atomic mass is 10.1. The van der Waals surface area contributed by atoms with Gasteiger partial charge in [-0.3, -0.25) is 4.79 Å². The van der Waals surface area contributed by atoms with E-state index in [4.69, 9.17) is 9.47 Å². The van der Waals surface area contributed by atoms with E-state index in [1.165, 1.54) is 12.1 Å². The third kappa shape index (κ3) is 5.52. The van der Waals surface area contributed by atoms with Crippen LogP contribution in [0.1, 0.15) is 30.9 Å². The molecule has 2 aromatic carbocycles. The second kappa shape index (κ2) is 10.00. The number of hydrogen-bond donors (Lipinski definition) is 1. The molecule has 1 aliphatic heterocycles. The number of sulfonamides is 1. The molecule has 4 rings (SSSR count). The van der Waals surface area contributed by atoms with Gasteiger partial charge < -0.3 is 14.5 Å². The van der Waals surface area contributed by atoms with Crippen molar-refractivity contribution in [3.63, 3.8) is 0 Å². The van der Waals surface area contributed by atoms with Crippen molar-refractivity contribution >= 4 is 20.9 Å². The highest BCUT2D eigenvalue weighted by molar-refractivity contribution is 7.89. The lowest BCUT2D eigenvalue weighted by molar-refractivity contribution is -0.139. The number of ether oxygens (including phenoxy) is 2.